The van der Waals surface area contributed by atoms with Crippen LogP contribution in [0.2, 0.25) is 0 Å². The first-order chi connectivity index (χ1) is 32.3. The number of esters is 1. The number of nitrogens with one attached hydrogen (secondary N) is 2. The number of anilines is 1. The van der Waals surface area contributed by atoms with E-state index in [2.05, 4.69) is 28.3 Å². The molecular weight excluding hydrogens is 891 g/mol. The van der Waals surface area contributed by atoms with Gasteiger partial charge < -0.3 is 34.1 Å². The normalized spacial score (nSPS) is 18.8. The van der Waals surface area contributed by atoms with Crippen LogP contribution in [0, 0.1) is 11.3 Å². The van der Waals surface area contributed by atoms with Gasteiger partial charge in [0.2, 0.25) is 5.91 Å². The number of rotatable bonds is 18. The van der Waals surface area contributed by atoms with Gasteiger partial charge in [-0.15, -0.1) is 0 Å². The zero-order valence-corrected chi connectivity index (χ0v) is 41.7. The van der Waals surface area contributed by atoms with Gasteiger partial charge >= 0.3 is 12.1 Å². The minimum absolute atomic E-state index is 0.0158. The number of amides is 3. The quantitative estimate of drug-likeness (QED) is 0.107. The van der Waals surface area contributed by atoms with Crippen molar-refractivity contribution in [2.45, 2.75) is 110 Å². The lowest BCUT2D eigenvalue weighted by atomic mass is 9.84. The van der Waals surface area contributed by atoms with Crippen LogP contribution in [0.25, 0.3) is 22.2 Å². The van der Waals surface area contributed by atoms with Crippen LogP contribution in [0.4, 0.5) is 10.5 Å². The van der Waals surface area contributed by atoms with Crippen molar-refractivity contribution in [1.82, 2.24) is 30.2 Å². The summed E-state index contributed by atoms with van der Waals surface area (Å²) in [6, 6.07) is 15.9. The average Bonchev–Trinajstić information content (AvgIpc) is 3.64. The number of pyridine rings is 1. The maximum Gasteiger partial charge on any atom is 0.410 e. The Morgan fingerprint density at radius 1 is 1.03 bits per heavy atom. The molecule has 3 amide bonds. The van der Waals surface area contributed by atoms with E-state index >= 15 is 0 Å². The first-order valence-corrected chi connectivity index (χ1v) is 25.2. The number of ether oxygens (including phenoxy) is 3. The molecule has 68 heavy (non-hydrogen) atoms. The third-order valence-electron chi connectivity index (χ3n) is 13.2. The molecular formula is C50H69N7O10S. The number of carbonyl (C=O) groups excluding carboxylic acids is 4. The first kappa shape index (κ1) is 51.8. The van der Waals surface area contributed by atoms with E-state index in [0.29, 0.717) is 25.8 Å². The summed E-state index contributed by atoms with van der Waals surface area (Å²) in [6.45, 7) is 12.6. The van der Waals surface area contributed by atoms with Crippen LogP contribution < -0.4 is 15.6 Å². The van der Waals surface area contributed by atoms with E-state index in [9.17, 15) is 32.7 Å². The smallest absolute Gasteiger partial charge is 0.410 e. The number of sulfone groups is 1. The number of carbonyl (C=O) groups is 4. The largest absolute Gasteiger partial charge is 0.468 e. The fourth-order valence-corrected chi connectivity index (χ4v) is 11.1. The highest BCUT2D eigenvalue weighted by Crippen LogP contribution is 2.42. The lowest BCUT2D eigenvalue weighted by Crippen LogP contribution is -2.62. The zero-order chi connectivity index (χ0) is 49.5. The molecule has 2 saturated heterocycles. The average molecular weight is 960 g/mol. The van der Waals surface area contributed by atoms with Crippen molar-refractivity contribution in [3.8, 4) is 11.3 Å². The van der Waals surface area contributed by atoms with Crippen LogP contribution >= 0.6 is 0 Å². The van der Waals surface area contributed by atoms with Gasteiger partial charge in [-0.3, -0.25) is 29.3 Å². The van der Waals surface area contributed by atoms with Gasteiger partial charge in [-0.25, -0.2) is 18.6 Å². The third kappa shape index (κ3) is 11.6. The lowest BCUT2D eigenvalue weighted by Gasteiger charge is -2.38. The molecule has 2 aliphatic rings. The predicted molar refractivity (Wildman–Crippen MR) is 260 cm³/mol. The van der Waals surface area contributed by atoms with Gasteiger partial charge in [0.05, 0.1) is 35.6 Å². The Hall–Kier alpha value is -5.56. The van der Waals surface area contributed by atoms with Gasteiger partial charge in [-0.2, -0.15) is 0 Å². The number of aliphatic hydroxyl groups is 1. The van der Waals surface area contributed by atoms with E-state index in [1.807, 2.05) is 80.3 Å². The number of hydrogen-bond acceptors (Lipinski definition) is 13. The molecule has 2 aliphatic heterocycles. The SMILES string of the molecule is CCn1c(-c2cccnc2[C@H](C)OC)c(CC(C)(C)CO)c2cc(N3CCS(=O)(=O)C(CC(NC(=O)[C@H](C(C)C)N(C)C(=O)OCc4ccccc4)C(=O)N4CCCC(C(=O)OC)N4)C3)ccc21. The Bertz CT molecular complexity index is 2530. The van der Waals surface area contributed by atoms with Crippen molar-refractivity contribution in [1.29, 1.82) is 0 Å². The van der Waals surface area contributed by atoms with Crippen LogP contribution in [0.1, 0.15) is 83.7 Å². The number of aliphatic hydroxyl groups excluding tert-OH is 1. The molecule has 17 nitrogen and oxygen atoms in total. The van der Waals surface area contributed by atoms with E-state index in [1.165, 1.54) is 24.1 Å². The zero-order valence-electron chi connectivity index (χ0n) is 40.9. The Morgan fingerprint density at radius 3 is 2.43 bits per heavy atom. The molecule has 370 valence electrons. The molecule has 18 heteroatoms. The summed E-state index contributed by atoms with van der Waals surface area (Å²) in [6.07, 6.45) is 1.81. The first-order valence-electron chi connectivity index (χ1n) is 23.4. The van der Waals surface area contributed by atoms with Crippen LogP contribution in [-0.4, -0.2) is 133 Å². The van der Waals surface area contributed by atoms with Crippen LogP contribution in [0.15, 0.2) is 66.9 Å². The fourth-order valence-electron chi connectivity index (χ4n) is 9.37. The number of aromatic nitrogens is 2. The van der Waals surface area contributed by atoms with Gasteiger partial charge in [0.15, 0.2) is 9.84 Å². The van der Waals surface area contributed by atoms with Crippen LogP contribution in [0.5, 0.6) is 0 Å². The molecule has 2 aromatic carbocycles. The topological polar surface area (TPSA) is 202 Å². The number of methoxy groups -OCH3 is 2. The maximum absolute atomic E-state index is 14.6. The third-order valence-corrected chi connectivity index (χ3v) is 15.3. The Balaban J connectivity index is 1.35. The monoisotopic (exact) mass is 959 g/mol. The Labute approximate surface area is 400 Å². The number of benzene rings is 2. The van der Waals surface area contributed by atoms with E-state index in [1.54, 1.807) is 27.2 Å². The molecule has 3 unspecified atom stereocenters. The second-order valence-corrected chi connectivity index (χ2v) is 21.4. The molecule has 0 spiro atoms. The van der Waals surface area contributed by atoms with E-state index in [-0.39, 0.29) is 51.1 Å². The van der Waals surface area contributed by atoms with E-state index < -0.39 is 68.4 Å². The minimum atomic E-state index is -3.82. The second-order valence-electron chi connectivity index (χ2n) is 19.0. The van der Waals surface area contributed by atoms with Crippen LogP contribution in [0.3, 0.4) is 0 Å². The second kappa shape index (κ2) is 22.2. The van der Waals surface area contributed by atoms with Crippen molar-refractivity contribution in [3.63, 3.8) is 0 Å². The molecule has 0 bridgehead atoms. The summed E-state index contributed by atoms with van der Waals surface area (Å²) in [7, 11) is 0.540. The summed E-state index contributed by atoms with van der Waals surface area (Å²) in [4.78, 5) is 62.9. The van der Waals surface area contributed by atoms with Crippen LogP contribution in [-0.2, 0) is 58.0 Å². The number of hydrogen-bond donors (Lipinski definition) is 3. The number of nitrogens with zero attached hydrogens (tertiary/aromatic N) is 5. The number of aryl methyl sites for hydroxylation is 1. The molecule has 6 rings (SSSR count). The van der Waals surface area contributed by atoms with Gasteiger partial charge in [-0.05, 0) is 92.3 Å². The molecule has 2 fully saturated rings. The van der Waals surface area contributed by atoms with Crippen molar-refractivity contribution >= 4 is 50.3 Å². The van der Waals surface area contributed by atoms with Crippen molar-refractivity contribution < 1.29 is 46.9 Å². The summed E-state index contributed by atoms with van der Waals surface area (Å²) < 4.78 is 46.8. The van der Waals surface area contributed by atoms with Gasteiger partial charge in [0.25, 0.3) is 5.91 Å². The van der Waals surface area contributed by atoms with Crippen molar-refractivity contribution in [2.24, 2.45) is 11.3 Å². The summed E-state index contributed by atoms with van der Waals surface area (Å²) >= 11 is 0. The van der Waals surface area contributed by atoms with E-state index in [0.717, 1.165) is 44.7 Å². The predicted octanol–water partition coefficient (Wildman–Crippen LogP) is 5.43. The highest BCUT2D eigenvalue weighted by atomic mass is 32.2. The molecule has 3 N–H and O–H groups in total. The Morgan fingerprint density at radius 2 is 1.76 bits per heavy atom. The van der Waals surface area contributed by atoms with Gasteiger partial charge in [-0.1, -0.05) is 58.0 Å². The number of fused-ring (bicyclic) bond motifs is 1. The lowest BCUT2D eigenvalue weighted by molar-refractivity contribution is -0.151. The standard InChI is InChI=1S/C50H69N7O10S/c1-10-56-42-21-20-35(26-38(42)39(28-50(5,6)31-58)45(56)37-18-14-22-51-43(37)33(4)65-8)55-24-25-68(63,64)36(29-55)27-41(47(60)57-23-15-19-40(53-57)48(61)66-9)52-46(59)44(32(2)3)54(7)49(62)67-30-34-16-12-11-13-17-34/h11-14,16-18,20-22,26,32-33,36,40-41,44,53,58H,10,15,19,23-25,27-31H2,1-9H3,(H,52,59)/t33-,36?,40?,41?,44-/m0/s1. The molecule has 0 saturated carbocycles. The molecule has 5 atom stereocenters. The highest BCUT2D eigenvalue weighted by Gasteiger charge is 2.42. The fraction of sp³-hybridized carbons (Fsp3) is 0.540. The summed E-state index contributed by atoms with van der Waals surface area (Å²) in [5.74, 6) is -2.50. The van der Waals surface area contributed by atoms with E-state index in [4.69, 9.17) is 19.2 Å². The molecule has 4 aromatic rings. The van der Waals surface area contributed by atoms with Gasteiger partial charge in [0.1, 0.15) is 24.7 Å². The number of hydrazine groups is 1. The number of likely N-dealkylation sites (N-methyl/N-ethyl adjacent to an activating group) is 1. The van der Waals surface area contributed by atoms with Crippen molar-refractivity contribution in [3.05, 3.63) is 83.7 Å². The van der Waals surface area contributed by atoms with Gasteiger partial charge in [0, 0.05) is 75.3 Å². The molecule has 0 radical (unpaired) electrons. The maximum atomic E-state index is 14.6. The minimum Gasteiger partial charge on any atom is -0.468 e. The molecule has 0 aliphatic carbocycles. The summed E-state index contributed by atoms with van der Waals surface area (Å²) in [5, 5.41) is 14.5. The van der Waals surface area contributed by atoms with Crippen molar-refractivity contribution in [2.75, 3.05) is 58.2 Å². The Kier molecular flexibility index (Phi) is 17.0. The molecule has 2 aromatic heterocycles. The molecule has 4 heterocycles. The highest BCUT2D eigenvalue weighted by molar-refractivity contribution is 7.92. The summed E-state index contributed by atoms with van der Waals surface area (Å²) in [5.41, 5.74) is 8.65.